The SMILES string of the molecule is Cc1ccc(NC(=O)C2CSCC(=O)N2)cc1Br. The van der Waals surface area contributed by atoms with Gasteiger partial charge in [-0.15, -0.1) is 11.8 Å². The van der Waals surface area contributed by atoms with E-state index in [2.05, 4.69) is 26.6 Å². The molecule has 0 bridgehead atoms. The number of rotatable bonds is 2. The van der Waals surface area contributed by atoms with Crippen LogP contribution < -0.4 is 10.6 Å². The summed E-state index contributed by atoms with van der Waals surface area (Å²) in [6.07, 6.45) is 0. The summed E-state index contributed by atoms with van der Waals surface area (Å²) in [6.45, 7) is 1.98. The molecule has 18 heavy (non-hydrogen) atoms. The van der Waals surface area contributed by atoms with Crippen LogP contribution >= 0.6 is 27.7 Å². The van der Waals surface area contributed by atoms with E-state index < -0.39 is 6.04 Å². The Kier molecular flexibility index (Phi) is 4.29. The van der Waals surface area contributed by atoms with E-state index in [9.17, 15) is 9.59 Å². The molecule has 2 amide bonds. The predicted octanol–water partition coefficient (Wildman–Crippen LogP) is 1.93. The minimum absolute atomic E-state index is 0.0866. The van der Waals surface area contributed by atoms with Gasteiger partial charge < -0.3 is 10.6 Å². The first-order valence-corrected chi connectivity index (χ1v) is 7.45. The molecule has 0 spiro atoms. The molecule has 1 atom stereocenters. The number of anilines is 1. The van der Waals surface area contributed by atoms with Gasteiger partial charge in [0.2, 0.25) is 11.8 Å². The van der Waals surface area contributed by atoms with Gasteiger partial charge in [-0.25, -0.2) is 0 Å². The Balaban J connectivity index is 2.02. The molecule has 2 rings (SSSR count). The van der Waals surface area contributed by atoms with E-state index in [1.165, 1.54) is 11.8 Å². The lowest BCUT2D eigenvalue weighted by molar-refractivity contribution is -0.124. The number of hydrogen-bond donors (Lipinski definition) is 2. The first kappa shape index (κ1) is 13.4. The van der Waals surface area contributed by atoms with Gasteiger partial charge in [0.15, 0.2) is 0 Å². The molecular weight excluding hydrogens is 316 g/mol. The third-order valence-electron chi connectivity index (χ3n) is 2.61. The van der Waals surface area contributed by atoms with Crippen molar-refractivity contribution in [2.75, 3.05) is 16.8 Å². The number of amides is 2. The van der Waals surface area contributed by atoms with Crippen molar-refractivity contribution in [3.8, 4) is 0 Å². The lowest BCUT2D eigenvalue weighted by atomic mass is 10.2. The van der Waals surface area contributed by atoms with E-state index in [1.807, 2.05) is 25.1 Å². The summed E-state index contributed by atoms with van der Waals surface area (Å²) in [7, 11) is 0. The Labute approximate surface area is 118 Å². The molecule has 6 heteroatoms. The molecule has 0 saturated carbocycles. The summed E-state index contributed by atoms with van der Waals surface area (Å²) < 4.78 is 0.947. The van der Waals surface area contributed by atoms with Crippen LogP contribution in [0.5, 0.6) is 0 Å². The quantitative estimate of drug-likeness (QED) is 0.872. The summed E-state index contributed by atoms with van der Waals surface area (Å²) >= 11 is 4.89. The van der Waals surface area contributed by atoms with Crippen LogP contribution in [0.25, 0.3) is 0 Å². The second kappa shape index (κ2) is 5.75. The van der Waals surface area contributed by atoms with Gasteiger partial charge in [0.25, 0.3) is 0 Å². The third kappa shape index (κ3) is 3.26. The van der Waals surface area contributed by atoms with E-state index in [0.29, 0.717) is 11.5 Å². The molecule has 1 aliphatic heterocycles. The Hall–Kier alpha value is -1.01. The maximum absolute atomic E-state index is 12.0. The molecule has 0 aromatic heterocycles. The number of aryl methyl sites for hydroxylation is 1. The molecule has 96 valence electrons. The number of nitrogens with one attached hydrogen (secondary N) is 2. The summed E-state index contributed by atoms with van der Waals surface area (Å²) in [5, 5.41) is 5.48. The van der Waals surface area contributed by atoms with Crippen molar-refractivity contribution in [2.24, 2.45) is 0 Å². The fourth-order valence-electron chi connectivity index (χ4n) is 1.59. The highest BCUT2D eigenvalue weighted by Gasteiger charge is 2.25. The summed E-state index contributed by atoms with van der Waals surface area (Å²) in [4.78, 5) is 23.2. The lowest BCUT2D eigenvalue weighted by Crippen LogP contribution is -2.49. The molecule has 1 aliphatic rings. The highest BCUT2D eigenvalue weighted by molar-refractivity contribution is 9.10. The number of carbonyl (C=O) groups is 2. The standard InChI is InChI=1S/C12H13BrN2O2S/c1-7-2-3-8(4-9(7)13)14-12(17)10-5-18-6-11(16)15-10/h2-4,10H,5-6H2,1H3,(H,14,17)(H,15,16). The highest BCUT2D eigenvalue weighted by Crippen LogP contribution is 2.21. The van der Waals surface area contributed by atoms with E-state index in [4.69, 9.17) is 0 Å². The molecule has 1 fully saturated rings. The zero-order valence-corrected chi connectivity index (χ0v) is 12.2. The van der Waals surface area contributed by atoms with E-state index >= 15 is 0 Å². The monoisotopic (exact) mass is 328 g/mol. The van der Waals surface area contributed by atoms with Crippen LogP contribution in [0.1, 0.15) is 5.56 Å². The molecule has 0 aliphatic carbocycles. The summed E-state index contributed by atoms with van der Waals surface area (Å²) in [5.41, 5.74) is 1.83. The zero-order valence-electron chi connectivity index (χ0n) is 9.83. The summed E-state index contributed by atoms with van der Waals surface area (Å²) in [6, 6.07) is 5.17. The molecular formula is C12H13BrN2O2S. The largest absolute Gasteiger partial charge is 0.343 e. The minimum atomic E-state index is -0.448. The van der Waals surface area contributed by atoms with Gasteiger partial charge in [-0.05, 0) is 24.6 Å². The van der Waals surface area contributed by atoms with Crippen molar-refractivity contribution in [3.05, 3.63) is 28.2 Å². The molecule has 2 N–H and O–H groups in total. The van der Waals surface area contributed by atoms with Gasteiger partial charge >= 0.3 is 0 Å². The summed E-state index contributed by atoms with van der Waals surface area (Å²) in [5.74, 6) is 0.785. The first-order valence-electron chi connectivity index (χ1n) is 5.50. The van der Waals surface area contributed by atoms with E-state index in [-0.39, 0.29) is 11.8 Å². The zero-order chi connectivity index (χ0) is 13.1. The predicted molar refractivity (Wildman–Crippen MR) is 76.8 cm³/mol. The van der Waals surface area contributed by atoms with Gasteiger partial charge in [0.1, 0.15) is 6.04 Å². The van der Waals surface area contributed by atoms with Crippen molar-refractivity contribution >= 4 is 45.2 Å². The maximum Gasteiger partial charge on any atom is 0.247 e. The average Bonchev–Trinajstić information content (AvgIpc) is 2.34. The maximum atomic E-state index is 12.0. The van der Waals surface area contributed by atoms with Crippen molar-refractivity contribution in [3.63, 3.8) is 0 Å². The van der Waals surface area contributed by atoms with Gasteiger partial charge in [-0.3, -0.25) is 9.59 Å². The van der Waals surface area contributed by atoms with Crippen molar-refractivity contribution in [2.45, 2.75) is 13.0 Å². The van der Waals surface area contributed by atoms with Gasteiger partial charge in [-0.1, -0.05) is 22.0 Å². The topological polar surface area (TPSA) is 58.2 Å². The van der Waals surface area contributed by atoms with Gasteiger partial charge in [0, 0.05) is 15.9 Å². The molecule has 0 radical (unpaired) electrons. The Bertz CT molecular complexity index is 493. The molecule has 4 nitrogen and oxygen atoms in total. The Morgan fingerprint density at radius 3 is 3.00 bits per heavy atom. The molecule has 1 aromatic rings. The van der Waals surface area contributed by atoms with Crippen LogP contribution in [0.2, 0.25) is 0 Å². The van der Waals surface area contributed by atoms with Crippen LogP contribution in [0, 0.1) is 6.92 Å². The van der Waals surface area contributed by atoms with Crippen molar-refractivity contribution < 1.29 is 9.59 Å². The Morgan fingerprint density at radius 2 is 2.33 bits per heavy atom. The fraction of sp³-hybridized carbons (Fsp3) is 0.333. The molecule has 1 heterocycles. The van der Waals surface area contributed by atoms with Gasteiger partial charge in [0.05, 0.1) is 5.75 Å². The molecule has 1 saturated heterocycles. The van der Waals surface area contributed by atoms with Crippen LogP contribution in [0.4, 0.5) is 5.69 Å². The molecule has 1 aromatic carbocycles. The number of benzene rings is 1. The second-order valence-corrected chi connectivity index (χ2v) is 5.97. The van der Waals surface area contributed by atoms with Crippen LogP contribution in [0.3, 0.4) is 0 Å². The lowest BCUT2D eigenvalue weighted by Gasteiger charge is -2.22. The normalized spacial score (nSPS) is 19.2. The van der Waals surface area contributed by atoms with E-state index in [1.54, 1.807) is 0 Å². The number of thioether (sulfide) groups is 1. The highest BCUT2D eigenvalue weighted by atomic mass is 79.9. The van der Waals surface area contributed by atoms with Crippen LogP contribution in [0.15, 0.2) is 22.7 Å². The average molecular weight is 329 g/mol. The number of hydrogen-bond acceptors (Lipinski definition) is 3. The Morgan fingerprint density at radius 1 is 1.56 bits per heavy atom. The first-order chi connectivity index (χ1) is 8.56. The van der Waals surface area contributed by atoms with Gasteiger partial charge in [-0.2, -0.15) is 0 Å². The van der Waals surface area contributed by atoms with E-state index in [0.717, 1.165) is 15.7 Å². The minimum Gasteiger partial charge on any atom is -0.343 e. The fourth-order valence-corrected chi connectivity index (χ4v) is 2.82. The molecule has 1 unspecified atom stereocenters. The second-order valence-electron chi connectivity index (χ2n) is 4.09. The smallest absolute Gasteiger partial charge is 0.247 e. The van der Waals surface area contributed by atoms with Crippen molar-refractivity contribution in [1.82, 2.24) is 5.32 Å². The number of halogens is 1. The van der Waals surface area contributed by atoms with Crippen LogP contribution in [-0.2, 0) is 9.59 Å². The van der Waals surface area contributed by atoms with Crippen molar-refractivity contribution in [1.29, 1.82) is 0 Å². The third-order valence-corrected chi connectivity index (χ3v) is 4.50. The van der Waals surface area contributed by atoms with Crippen LogP contribution in [-0.4, -0.2) is 29.4 Å². The number of carbonyl (C=O) groups excluding carboxylic acids is 2.